The van der Waals surface area contributed by atoms with Crippen LogP contribution in [0.4, 0.5) is 5.69 Å². The van der Waals surface area contributed by atoms with E-state index >= 15 is 0 Å². The lowest BCUT2D eigenvalue weighted by molar-refractivity contribution is -0.128. The molecule has 1 aromatic carbocycles. The van der Waals surface area contributed by atoms with Crippen LogP contribution >= 0.6 is 0 Å². The fourth-order valence-electron chi connectivity index (χ4n) is 2.58. The zero-order valence-electron chi connectivity index (χ0n) is 13.9. The Morgan fingerprint density at radius 2 is 1.91 bits per heavy atom. The number of ether oxygens (including phenoxy) is 1. The molecule has 0 bridgehead atoms. The van der Waals surface area contributed by atoms with Gasteiger partial charge in [0.2, 0.25) is 5.91 Å². The maximum Gasteiger partial charge on any atom is 0.254 e. The van der Waals surface area contributed by atoms with Gasteiger partial charge in [-0.15, -0.1) is 0 Å². The third-order valence-electron chi connectivity index (χ3n) is 3.97. The Bertz CT molecular complexity index is 538. The summed E-state index contributed by atoms with van der Waals surface area (Å²) in [6.45, 7) is 7.97. The molecular weight excluding hydrogens is 294 g/mol. The summed E-state index contributed by atoms with van der Waals surface area (Å²) in [4.78, 5) is 28.0. The molecule has 0 unspecified atom stereocenters. The summed E-state index contributed by atoms with van der Waals surface area (Å²) in [5, 5.41) is 3.11. The Hall–Kier alpha value is -2.08. The number of hydrogen-bond acceptors (Lipinski definition) is 4. The molecule has 6 heteroatoms. The zero-order chi connectivity index (χ0) is 16.7. The third-order valence-corrected chi connectivity index (χ3v) is 3.97. The number of carbonyl (C=O) groups excluding carboxylic acids is 2. The summed E-state index contributed by atoms with van der Waals surface area (Å²) in [6, 6.07) is 7.30. The standard InChI is InChI=1S/C17H25N3O3/c1-3-19(4-2)16(21)13-18-15-7-5-6-14(12-15)17(22)20-8-10-23-11-9-20/h5-7,12,18H,3-4,8-11,13H2,1-2H3. The highest BCUT2D eigenvalue weighted by molar-refractivity contribution is 5.95. The maximum absolute atomic E-state index is 12.5. The van der Waals surface area contributed by atoms with Crippen molar-refractivity contribution in [2.24, 2.45) is 0 Å². The summed E-state index contributed by atoms with van der Waals surface area (Å²) in [7, 11) is 0. The molecule has 1 aromatic rings. The van der Waals surface area contributed by atoms with Crippen molar-refractivity contribution < 1.29 is 14.3 Å². The first-order valence-electron chi connectivity index (χ1n) is 8.14. The molecule has 1 fully saturated rings. The number of nitrogens with one attached hydrogen (secondary N) is 1. The van der Waals surface area contributed by atoms with Gasteiger partial charge in [-0.1, -0.05) is 6.07 Å². The van der Waals surface area contributed by atoms with Gasteiger partial charge in [-0.3, -0.25) is 9.59 Å². The maximum atomic E-state index is 12.5. The third kappa shape index (κ3) is 4.69. The number of likely N-dealkylation sites (N-methyl/N-ethyl adjacent to an activating group) is 1. The van der Waals surface area contributed by atoms with Crippen molar-refractivity contribution in [3.05, 3.63) is 29.8 Å². The Morgan fingerprint density at radius 3 is 2.57 bits per heavy atom. The van der Waals surface area contributed by atoms with E-state index in [-0.39, 0.29) is 18.4 Å². The Labute approximate surface area is 137 Å². The Balaban J connectivity index is 1.96. The van der Waals surface area contributed by atoms with E-state index < -0.39 is 0 Å². The lowest BCUT2D eigenvalue weighted by Gasteiger charge is -2.27. The monoisotopic (exact) mass is 319 g/mol. The highest BCUT2D eigenvalue weighted by Gasteiger charge is 2.18. The van der Waals surface area contributed by atoms with Crippen molar-refractivity contribution in [1.82, 2.24) is 9.80 Å². The largest absolute Gasteiger partial charge is 0.378 e. The predicted molar refractivity (Wildman–Crippen MR) is 89.6 cm³/mol. The van der Waals surface area contributed by atoms with Crippen molar-refractivity contribution in [3.8, 4) is 0 Å². The number of anilines is 1. The van der Waals surface area contributed by atoms with Gasteiger partial charge in [-0.05, 0) is 32.0 Å². The second kappa shape index (κ2) is 8.53. The number of benzene rings is 1. The zero-order valence-corrected chi connectivity index (χ0v) is 13.9. The van der Waals surface area contributed by atoms with Gasteiger partial charge in [0.25, 0.3) is 5.91 Å². The summed E-state index contributed by atoms with van der Waals surface area (Å²) in [5.41, 5.74) is 1.41. The van der Waals surface area contributed by atoms with Gasteiger partial charge in [0.1, 0.15) is 0 Å². The molecule has 0 aromatic heterocycles. The van der Waals surface area contributed by atoms with Gasteiger partial charge in [0.15, 0.2) is 0 Å². The van der Waals surface area contributed by atoms with E-state index in [1.165, 1.54) is 0 Å². The van der Waals surface area contributed by atoms with E-state index in [0.717, 1.165) is 5.69 Å². The molecule has 0 atom stereocenters. The SMILES string of the molecule is CCN(CC)C(=O)CNc1cccc(C(=O)N2CCOCC2)c1. The lowest BCUT2D eigenvalue weighted by Crippen LogP contribution is -2.40. The van der Waals surface area contributed by atoms with E-state index in [9.17, 15) is 9.59 Å². The van der Waals surface area contributed by atoms with Gasteiger partial charge >= 0.3 is 0 Å². The van der Waals surface area contributed by atoms with Crippen molar-refractivity contribution >= 4 is 17.5 Å². The van der Waals surface area contributed by atoms with Crippen LogP contribution in [0.5, 0.6) is 0 Å². The molecule has 1 aliphatic rings. The number of rotatable bonds is 6. The Morgan fingerprint density at radius 1 is 1.22 bits per heavy atom. The van der Waals surface area contributed by atoms with E-state index in [0.29, 0.717) is 45.0 Å². The van der Waals surface area contributed by atoms with Gasteiger partial charge < -0.3 is 19.9 Å². The number of carbonyl (C=O) groups is 2. The fourth-order valence-corrected chi connectivity index (χ4v) is 2.58. The minimum atomic E-state index is 0.00650. The predicted octanol–water partition coefficient (Wildman–Crippen LogP) is 1.44. The Kier molecular flexibility index (Phi) is 6.40. The van der Waals surface area contributed by atoms with E-state index in [1.54, 1.807) is 21.9 Å². The molecular formula is C17H25N3O3. The molecule has 0 saturated carbocycles. The van der Waals surface area contributed by atoms with Crippen LogP contribution in [0.1, 0.15) is 24.2 Å². The number of morpholine rings is 1. The van der Waals surface area contributed by atoms with Crippen LogP contribution in [0, 0.1) is 0 Å². The molecule has 1 saturated heterocycles. The second-order valence-corrected chi connectivity index (χ2v) is 5.40. The van der Waals surface area contributed by atoms with Crippen LogP contribution < -0.4 is 5.32 Å². The van der Waals surface area contributed by atoms with Gasteiger partial charge in [-0.25, -0.2) is 0 Å². The minimum absolute atomic E-state index is 0.00650. The normalized spacial score (nSPS) is 14.4. The molecule has 2 amide bonds. The molecule has 1 aliphatic heterocycles. The summed E-state index contributed by atoms with van der Waals surface area (Å²) in [6.07, 6.45) is 0. The molecule has 0 radical (unpaired) electrons. The quantitative estimate of drug-likeness (QED) is 0.862. The summed E-state index contributed by atoms with van der Waals surface area (Å²) >= 11 is 0. The number of amides is 2. The van der Waals surface area contributed by atoms with Crippen LogP contribution in [0.15, 0.2) is 24.3 Å². The van der Waals surface area contributed by atoms with Crippen LogP contribution in [-0.4, -0.2) is 67.6 Å². The second-order valence-electron chi connectivity index (χ2n) is 5.40. The van der Waals surface area contributed by atoms with E-state index in [2.05, 4.69) is 5.32 Å². The van der Waals surface area contributed by atoms with Crippen LogP contribution in [-0.2, 0) is 9.53 Å². The highest BCUT2D eigenvalue weighted by Crippen LogP contribution is 2.13. The van der Waals surface area contributed by atoms with Gasteiger partial charge in [0.05, 0.1) is 19.8 Å². The summed E-state index contributed by atoms with van der Waals surface area (Å²) in [5.74, 6) is 0.0620. The smallest absolute Gasteiger partial charge is 0.254 e. The summed E-state index contributed by atoms with van der Waals surface area (Å²) < 4.78 is 5.27. The number of nitrogens with zero attached hydrogens (tertiary/aromatic N) is 2. The van der Waals surface area contributed by atoms with Gasteiger partial charge in [0, 0.05) is 37.4 Å². The molecule has 126 valence electrons. The molecule has 0 spiro atoms. The number of hydrogen-bond donors (Lipinski definition) is 1. The molecule has 0 aliphatic carbocycles. The first-order chi connectivity index (χ1) is 11.2. The minimum Gasteiger partial charge on any atom is -0.378 e. The van der Waals surface area contributed by atoms with Crippen LogP contribution in [0.2, 0.25) is 0 Å². The van der Waals surface area contributed by atoms with Crippen molar-refractivity contribution in [2.75, 3.05) is 51.3 Å². The molecule has 2 rings (SSSR count). The molecule has 6 nitrogen and oxygen atoms in total. The van der Waals surface area contributed by atoms with Gasteiger partial charge in [-0.2, -0.15) is 0 Å². The fraction of sp³-hybridized carbons (Fsp3) is 0.529. The first kappa shape index (κ1) is 17.3. The van der Waals surface area contributed by atoms with Crippen molar-refractivity contribution in [3.63, 3.8) is 0 Å². The molecule has 23 heavy (non-hydrogen) atoms. The topological polar surface area (TPSA) is 61.9 Å². The van der Waals surface area contributed by atoms with Crippen LogP contribution in [0.3, 0.4) is 0 Å². The molecule has 1 heterocycles. The van der Waals surface area contributed by atoms with E-state index in [4.69, 9.17) is 4.74 Å². The first-order valence-corrected chi connectivity index (χ1v) is 8.14. The van der Waals surface area contributed by atoms with E-state index in [1.807, 2.05) is 26.0 Å². The lowest BCUT2D eigenvalue weighted by atomic mass is 10.1. The molecule has 1 N–H and O–H groups in total. The average molecular weight is 319 g/mol. The highest BCUT2D eigenvalue weighted by atomic mass is 16.5. The van der Waals surface area contributed by atoms with Crippen LogP contribution in [0.25, 0.3) is 0 Å². The van der Waals surface area contributed by atoms with Crippen molar-refractivity contribution in [1.29, 1.82) is 0 Å². The van der Waals surface area contributed by atoms with Crippen molar-refractivity contribution in [2.45, 2.75) is 13.8 Å². The average Bonchev–Trinajstić information content (AvgIpc) is 2.61.